The molecule has 2 N–H and O–H groups in total. The van der Waals surface area contributed by atoms with Crippen molar-refractivity contribution in [3.05, 3.63) is 70.8 Å². The van der Waals surface area contributed by atoms with Crippen molar-refractivity contribution < 1.29 is 31.9 Å². The molecule has 0 heterocycles. The fourth-order valence-electron chi connectivity index (χ4n) is 2.00. The second kappa shape index (κ2) is 6.96. The number of hydrogen-bond donors (Lipinski definition) is 2. The summed E-state index contributed by atoms with van der Waals surface area (Å²) >= 11 is 0. The van der Waals surface area contributed by atoms with E-state index in [1.807, 2.05) is 0 Å². The number of aliphatic hydroxyl groups excluding tert-OH is 1. The first kappa shape index (κ1) is 17.9. The molecule has 0 radical (unpaired) electrons. The predicted molar refractivity (Wildman–Crippen MR) is 75.1 cm³/mol. The topological polar surface area (TPSA) is 49.3 Å². The zero-order chi connectivity index (χ0) is 17.9. The third-order valence-electron chi connectivity index (χ3n) is 3.23. The maximum absolute atomic E-state index is 13.4. The van der Waals surface area contributed by atoms with Crippen molar-refractivity contribution in [2.75, 3.05) is 6.54 Å². The van der Waals surface area contributed by atoms with E-state index in [1.54, 1.807) is 0 Å². The lowest BCUT2D eigenvalue weighted by molar-refractivity contribution is -0.137. The largest absolute Gasteiger partial charge is 0.416 e. The number of carbonyl (C=O) groups is 1. The Bertz CT molecular complexity index is 745. The molecule has 0 fully saturated rings. The van der Waals surface area contributed by atoms with Crippen LogP contribution in [0.4, 0.5) is 22.0 Å². The molecule has 0 unspecified atom stereocenters. The van der Waals surface area contributed by atoms with Crippen molar-refractivity contribution in [2.24, 2.45) is 0 Å². The van der Waals surface area contributed by atoms with Gasteiger partial charge in [-0.1, -0.05) is 12.1 Å². The number of alkyl halides is 3. The number of hydrogen-bond acceptors (Lipinski definition) is 2. The van der Waals surface area contributed by atoms with Gasteiger partial charge >= 0.3 is 6.18 Å². The quantitative estimate of drug-likeness (QED) is 0.834. The summed E-state index contributed by atoms with van der Waals surface area (Å²) in [5, 5.41) is 12.0. The van der Waals surface area contributed by atoms with Crippen LogP contribution in [-0.2, 0) is 6.18 Å². The summed E-state index contributed by atoms with van der Waals surface area (Å²) < 4.78 is 64.3. The van der Waals surface area contributed by atoms with Gasteiger partial charge in [0.25, 0.3) is 5.91 Å². The molecule has 2 aromatic carbocycles. The molecule has 0 aromatic heterocycles. The van der Waals surface area contributed by atoms with Gasteiger partial charge in [-0.3, -0.25) is 4.79 Å². The number of carbonyl (C=O) groups excluding carboxylic acids is 1. The Morgan fingerprint density at radius 2 is 1.83 bits per heavy atom. The van der Waals surface area contributed by atoms with E-state index < -0.39 is 47.5 Å². The third-order valence-corrected chi connectivity index (χ3v) is 3.23. The second-order valence-electron chi connectivity index (χ2n) is 4.97. The molecular formula is C16H12F5NO2. The number of halogens is 5. The summed E-state index contributed by atoms with van der Waals surface area (Å²) in [4.78, 5) is 11.8. The van der Waals surface area contributed by atoms with E-state index in [0.29, 0.717) is 6.07 Å². The Morgan fingerprint density at radius 1 is 1.12 bits per heavy atom. The van der Waals surface area contributed by atoms with E-state index in [0.717, 1.165) is 30.3 Å². The Kier molecular flexibility index (Phi) is 5.18. The van der Waals surface area contributed by atoms with Gasteiger partial charge in [-0.05, 0) is 35.9 Å². The van der Waals surface area contributed by atoms with Crippen molar-refractivity contribution in [3.8, 4) is 0 Å². The summed E-state index contributed by atoms with van der Waals surface area (Å²) in [7, 11) is 0. The first-order chi connectivity index (χ1) is 11.2. The molecular weight excluding hydrogens is 333 g/mol. The molecule has 0 bridgehead atoms. The van der Waals surface area contributed by atoms with Crippen LogP contribution in [0.15, 0.2) is 42.5 Å². The molecule has 0 aliphatic carbocycles. The van der Waals surface area contributed by atoms with Crippen LogP contribution in [0.5, 0.6) is 0 Å². The smallest absolute Gasteiger partial charge is 0.387 e. The fourth-order valence-corrected chi connectivity index (χ4v) is 2.00. The number of aliphatic hydroxyl groups is 1. The van der Waals surface area contributed by atoms with Crippen LogP contribution in [0.25, 0.3) is 0 Å². The van der Waals surface area contributed by atoms with Crippen LogP contribution in [0.2, 0.25) is 0 Å². The normalized spacial score (nSPS) is 12.8. The van der Waals surface area contributed by atoms with E-state index in [1.165, 1.54) is 6.07 Å². The molecule has 0 aliphatic heterocycles. The maximum Gasteiger partial charge on any atom is 0.416 e. The minimum absolute atomic E-state index is 0.0650. The average molecular weight is 345 g/mol. The van der Waals surface area contributed by atoms with Crippen LogP contribution < -0.4 is 5.32 Å². The molecule has 0 saturated heterocycles. The van der Waals surface area contributed by atoms with Crippen molar-refractivity contribution in [1.82, 2.24) is 5.32 Å². The first-order valence-electron chi connectivity index (χ1n) is 6.77. The molecule has 128 valence electrons. The van der Waals surface area contributed by atoms with Crippen molar-refractivity contribution in [2.45, 2.75) is 12.3 Å². The van der Waals surface area contributed by atoms with Gasteiger partial charge in [-0.15, -0.1) is 0 Å². The fraction of sp³-hybridized carbons (Fsp3) is 0.188. The zero-order valence-corrected chi connectivity index (χ0v) is 12.1. The van der Waals surface area contributed by atoms with Gasteiger partial charge in [-0.2, -0.15) is 13.2 Å². The lowest BCUT2D eigenvalue weighted by Crippen LogP contribution is -2.29. The van der Waals surface area contributed by atoms with Crippen LogP contribution in [0.1, 0.15) is 27.6 Å². The molecule has 0 aliphatic rings. The predicted octanol–water partition coefficient (Wildman–Crippen LogP) is 3.45. The summed E-state index contributed by atoms with van der Waals surface area (Å²) in [5.74, 6) is -2.76. The number of amides is 1. The Balaban J connectivity index is 2.06. The van der Waals surface area contributed by atoms with Crippen molar-refractivity contribution >= 4 is 5.91 Å². The van der Waals surface area contributed by atoms with Gasteiger partial charge in [0.1, 0.15) is 11.6 Å². The zero-order valence-electron chi connectivity index (χ0n) is 12.1. The summed E-state index contributed by atoms with van der Waals surface area (Å²) in [6.45, 7) is -0.462. The van der Waals surface area contributed by atoms with E-state index in [4.69, 9.17) is 0 Å². The first-order valence-corrected chi connectivity index (χ1v) is 6.77. The van der Waals surface area contributed by atoms with Gasteiger partial charge in [0.2, 0.25) is 0 Å². The highest BCUT2D eigenvalue weighted by Gasteiger charge is 2.30. The highest BCUT2D eigenvalue weighted by atomic mass is 19.4. The molecule has 8 heteroatoms. The monoisotopic (exact) mass is 345 g/mol. The molecule has 0 spiro atoms. The second-order valence-corrected chi connectivity index (χ2v) is 4.97. The molecule has 0 saturated carbocycles. The lowest BCUT2D eigenvalue weighted by atomic mass is 10.1. The van der Waals surface area contributed by atoms with Crippen LogP contribution in [0, 0.1) is 11.6 Å². The van der Waals surface area contributed by atoms with E-state index in [9.17, 15) is 31.9 Å². The molecule has 2 rings (SSSR count). The SMILES string of the molecule is O=C(NC[C@H](O)c1cccc(C(F)(F)F)c1)c1cc(F)ccc1F. The van der Waals surface area contributed by atoms with Gasteiger partial charge in [0.05, 0.1) is 17.2 Å². The third kappa shape index (κ3) is 4.29. The molecule has 1 amide bonds. The maximum atomic E-state index is 13.4. The molecule has 2 aromatic rings. The average Bonchev–Trinajstić information content (AvgIpc) is 2.54. The minimum Gasteiger partial charge on any atom is -0.387 e. The Morgan fingerprint density at radius 3 is 2.50 bits per heavy atom. The van der Waals surface area contributed by atoms with Gasteiger partial charge < -0.3 is 10.4 Å². The number of rotatable bonds is 4. The van der Waals surface area contributed by atoms with Gasteiger partial charge in [0.15, 0.2) is 0 Å². The standard InChI is InChI=1S/C16H12F5NO2/c17-11-4-5-13(18)12(7-11)15(24)22-8-14(23)9-2-1-3-10(6-9)16(19,20)21/h1-7,14,23H,8H2,(H,22,24)/t14-/m0/s1. The van der Waals surface area contributed by atoms with E-state index in [-0.39, 0.29) is 5.56 Å². The van der Waals surface area contributed by atoms with E-state index in [2.05, 4.69) is 5.32 Å². The van der Waals surface area contributed by atoms with Crippen molar-refractivity contribution in [3.63, 3.8) is 0 Å². The van der Waals surface area contributed by atoms with Gasteiger partial charge in [-0.25, -0.2) is 8.78 Å². The Labute approximate surface area is 133 Å². The summed E-state index contributed by atoms with van der Waals surface area (Å²) in [5.41, 5.74) is -1.57. The highest BCUT2D eigenvalue weighted by Crippen LogP contribution is 2.30. The van der Waals surface area contributed by atoms with E-state index >= 15 is 0 Å². The summed E-state index contributed by atoms with van der Waals surface area (Å²) in [6, 6.07) is 6.26. The van der Waals surface area contributed by atoms with Crippen LogP contribution >= 0.6 is 0 Å². The number of nitrogens with one attached hydrogen (secondary N) is 1. The molecule has 24 heavy (non-hydrogen) atoms. The highest BCUT2D eigenvalue weighted by molar-refractivity contribution is 5.94. The van der Waals surface area contributed by atoms with Crippen LogP contribution in [0.3, 0.4) is 0 Å². The number of benzene rings is 2. The summed E-state index contributed by atoms with van der Waals surface area (Å²) in [6.07, 6.45) is -6.00. The van der Waals surface area contributed by atoms with Crippen LogP contribution in [-0.4, -0.2) is 17.6 Å². The van der Waals surface area contributed by atoms with Crippen molar-refractivity contribution in [1.29, 1.82) is 0 Å². The molecule has 3 nitrogen and oxygen atoms in total. The Hall–Kier alpha value is -2.48. The lowest BCUT2D eigenvalue weighted by Gasteiger charge is -2.14. The molecule has 1 atom stereocenters. The minimum atomic E-state index is -4.57. The van der Waals surface area contributed by atoms with Gasteiger partial charge in [0, 0.05) is 6.54 Å².